The molecule has 32 heavy (non-hydrogen) atoms. The fourth-order valence-electron chi connectivity index (χ4n) is 3.53. The van der Waals surface area contributed by atoms with E-state index in [4.69, 9.17) is 9.62 Å². The highest BCUT2D eigenvalue weighted by Gasteiger charge is 2.15. The monoisotopic (exact) mass is 429 g/mol. The largest absolute Gasteiger partial charge is 0.339 e. The van der Waals surface area contributed by atoms with Crippen LogP contribution in [0.4, 0.5) is 5.82 Å². The predicted octanol–water partition coefficient (Wildman–Crippen LogP) is 4.81. The molecule has 4 aromatic rings. The Morgan fingerprint density at radius 3 is 2.62 bits per heavy atom. The van der Waals surface area contributed by atoms with Gasteiger partial charge >= 0.3 is 0 Å². The molecule has 0 atom stereocenters. The lowest BCUT2D eigenvalue weighted by atomic mass is 10.1. The van der Waals surface area contributed by atoms with Crippen LogP contribution in [0.1, 0.15) is 42.6 Å². The standard InChI is InChI=1S/C25H27N5O2/c1-3-9-22-26-25(32-29-22)15-14-24(31)27-23-16-21(20-13-8-7-10-18(20)2)28-30(23)17-19-11-5-4-6-12-19/h4-8,10-13,16H,3,9,14-15,17H2,1-2H3,(H,27,31). The first-order chi connectivity index (χ1) is 15.6. The number of carbonyl (C=O) groups is 1. The van der Waals surface area contributed by atoms with Crippen LogP contribution in [0.25, 0.3) is 11.3 Å². The minimum Gasteiger partial charge on any atom is -0.339 e. The number of benzene rings is 2. The van der Waals surface area contributed by atoms with Crippen LogP contribution < -0.4 is 5.32 Å². The molecule has 0 fully saturated rings. The summed E-state index contributed by atoms with van der Waals surface area (Å²) in [7, 11) is 0. The number of carbonyl (C=O) groups excluding carboxylic acids is 1. The molecule has 164 valence electrons. The normalized spacial score (nSPS) is 10.9. The summed E-state index contributed by atoms with van der Waals surface area (Å²) in [5.74, 6) is 1.72. The summed E-state index contributed by atoms with van der Waals surface area (Å²) in [6, 6.07) is 20.1. The minimum absolute atomic E-state index is 0.120. The average Bonchev–Trinajstić information content (AvgIpc) is 3.41. The molecule has 0 spiro atoms. The Morgan fingerprint density at radius 2 is 1.84 bits per heavy atom. The van der Waals surface area contributed by atoms with E-state index in [-0.39, 0.29) is 12.3 Å². The molecule has 0 saturated heterocycles. The summed E-state index contributed by atoms with van der Waals surface area (Å²) in [4.78, 5) is 17.0. The van der Waals surface area contributed by atoms with Gasteiger partial charge in [0.25, 0.3) is 0 Å². The van der Waals surface area contributed by atoms with Crippen molar-refractivity contribution in [3.63, 3.8) is 0 Å². The number of nitrogens with zero attached hydrogens (tertiary/aromatic N) is 4. The highest BCUT2D eigenvalue weighted by atomic mass is 16.5. The van der Waals surface area contributed by atoms with Gasteiger partial charge in [-0.1, -0.05) is 66.7 Å². The Morgan fingerprint density at radius 1 is 1.06 bits per heavy atom. The van der Waals surface area contributed by atoms with Crippen LogP contribution >= 0.6 is 0 Å². The predicted molar refractivity (Wildman–Crippen MR) is 123 cm³/mol. The fraction of sp³-hybridized carbons (Fsp3) is 0.280. The van der Waals surface area contributed by atoms with E-state index in [1.54, 1.807) is 0 Å². The molecule has 0 aliphatic carbocycles. The summed E-state index contributed by atoms with van der Waals surface area (Å²) in [6.45, 7) is 4.68. The second-order valence-electron chi connectivity index (χ2n) is 7.78. The molecule has 0 radical (unpaired) electrons. The molecular weight excluding hydrogens is 402 g/mol. The Labute approximate surface area is 187 Å². The quantitative estimate of drug-likeness (QED) is 0.412. The van der Waals surface area contributed by atoms with Crippen molar-refractivity contribution in [3.8, 4) is 11.3 Å². The Balaban J connectivity index is 1.51. The van der Waals surface area contributed by atoms with Crippen LogP contribution in [0, 0.1) is 6.92 Å². The third-order valence-electron chi connectivity index (χ3n) is 5.19. The first-order valence-corrected chi connectivity index (χ1v) is 10.9. The molecule has 0 saturated carbocycles. The van der Waals surface area contributed by atoms with Crippen molar-refractivity contribution in [2.75, 3.05) is 5.32 Å². The molecule has 1 amide bonds. The Hall–Kier alpha value is -3.74. The summed E-state index contributed by atoms with van der Waals surface area (Å²) < 4.78 is 7.07. The van der Waals surface area contributed by atoms with E-state index in [0.717, 1.165) is 35.2 Å². The highest BCUT2D eigenvalue weighted by molar-refractivity contribution is 5.90. The molecule has 0 aliphatic rings. The van der Waals surface area contributed by atoms with Crippen LogP contribution in [0.5, 0.6) is 0 Å². The zero-order chi connectivity index (χ0) is 22.3. The van der Waals surface area contributed by atoms with Gasteiger partial charge in [-0.2, -0.15) is 10.1 Å². The molecule has 1 N–H and O–H groups in total. The molecule has 0 bridgehead atoms. The SMILES string of the molecule is CCCc1noc(CCC(=O)Nc2cc(-c3ccccc3C)nn2Cc2ccccc2)n1. The van der Waals surface area contributed by atoms with E-state index >= 15 is 0 Å². The molecule has 4 rings (SSSR count). The van der Waals surface area contributed by atoms with Crippen molar-refractivity contribution in [1.29, 1.82) is 0 Å². The van der Waals surface area contributed by atoms with Gasteiger partial charge in [0.1, 0.15) is 5.82 Å². The Kier molecular flexibility index (Phi) is 6.75. The number of hydrogen-bond acceptors (Lipinski definition) is 5. The van der Waals surface area contributed by atoms with Gasteiger partial charge in [0.2, 0.25) is 11.8 Å². The maximum atomic E-state index is 12.7. The van der Waals surface area contributed by atoms with E-state index in [9.17, 15) is 4.79 Å². The van der Waals surface area contributed by atoms with Gasteiger partial charge in [-0.15, -0.1) is 0 Å². The van der Waals surface area contributed by atoms with Gasteiger partial charge in [0, 0.05) is 30.9 Å². The summed E-state index contributed by atoms with van der Waals surface area (Å²) in [5, 5.41) is 11.7. The fourth-order valence-corrected chi connectivity index (χ4v) is 3.53. The van der Waals surface area contributed by atoms with E-state index in [0.29, 0.717) is 30.5 Å². The summed E-state index contributed by atoms with van der Waals surface area (Å²) in [5.41, 5.74) is 4.12. The van der Waals surface area contributed by atoms with Crippen molar-refractivity contribution in [1.82, 2.24) is 19.9 Å². The second-order valence-corrected chi connectivity index (χ2v) is 7.78. The number of hydrogen-bond donors (Lipinski definition) is 1. The highest BCUT2D eigenvalue weighted by Crippen LogP contribution is 2.25. The molecule has 2 aromatic heterocycles. The van der Waals surface area contributed by atoms with E-state index in [2.05, 4.69) is 35.4 Å². The topological polar surface area (TPSA) is 85.8 Å². The first kappa shape index (κ1) is 21.5. The molecule has 2 heterocycles. The minimum atomic E-state index is -0.120. The molecule has 2 aromatic carbocycles. The van der Waals surface area contributed by atoms with Crippen LogP contribution in [0.15, 0.2) is 65.2 Å². The second kappa shape index (κ2) is 10.0. The van der Waals surface area contributed by atoms with Crippen LogP contribution in [-0.2, 0) is 24.2 Å². The number of anilines is 1. The van der Waals surface area contributed by atoms with Gasteiger partial charge in [-0.3, -0.25) is 4.79 Å². The molecule has 7 nitrogen and oxygen atoms in total. The van der Waals surface area contributed by atoms with Gasteiger partial charge in [0.15, 0.2) is 5.82 Å². The summed E-state index contributed by atoms with van der Waals surface area (Å²) in [6.07, 6.45) is 2.38. The van der Waals surface area contributed by atoms with Gasteiger partial charge < -0.3 is 9.84 Å². The number of aromatic nitrogens is 4. The van der Waals surface area contributed by atoms with Crippen LogP contribution in [0.3, 0.4) is 0 Å². The lowest BCUT2D eigenvalue weighted by Gasteiger charge is -2.08. The molecule has 0 aliphatic heterocycles. The van der Waals surface area contributed by atoms with Crippen molar-refractivity contribution < 1.29 is 9.32 Å². The number of nitrogens with one attached hydrogen (secondary N) is 1. The van der Waals surface area contributed by atoms with Crippen LogP contribution in [0.2, 0.25) is 0 Å². The Bertz CT molecular complexity index is 1180. The smallest absolute Gasteiger partial charge is 0.227 e. The molecular formula is C25H27N5O2. The number of aryl methyl sites for hydroxylation is 3. The van der Waals surface area contributed by atoms with Gasteiger partial charge in [-0.05, 0) is 24.5 Å². The van der Waals surface area contributed by atoms with E-state index in [1.165, 1.54) is 0 Å². The van der Waals surface area contributed by atoms with Crippen molar-refractivity contribution >= 4 is 11.7 Å². The van der Waals surface area contributed by atoms with E-state index < -0.39 is 0 Å². The van der Waals surface area contributed by atoms with Crippen molar-refractivity contribution in [2.24, 2.45) is 0 Å². The van der Waals surface area contributed by atoms with Crippen LogP contribution in [-0.4, -0.2) is 25.8 Å². The molecule has 7 heteroatoms. The van der Waals surface area contributed by atoms with Gasteiger partial charge in [0.05, 0.1) is 12.2 Å². The number of rotatable bonds is 9. The zero-order valence-electron chi connectivity index (χ0n) is 18.4. The third-order valence-corrected chi connectivity index (χ3v) is 5.19. The lowest BCUT2D eigenvalue weighted by Crippen LogP contribution is -2.16. The molecule has 0 unspecified atom stereocenters. The van der Waals surface area contributed by atoms with Crippen molar-refractivity contribution in [3.05, 3.63) is 83.5 Å². The first-order valence-electron chi connectivity index (χ1n) is 10.9. The van der Waals surface area contributed by atoms with Gasteiger partial charge in [-0.25, -0.2) is 4.68 Å². The van der Waals surface area contributed by atoms with Crippen molar-refractivity contribution in [2.45, 2.75) is 46.1 Å². The summed E-state index contributed by atoms with van der Waals surface area (Å²) >= 11 is 0. The number of amides is 1. The lowest BCUT2D eigenvalue weighted by molar-refractivity contribution is -0.116. The third kappa shape index (κ3) is 5.29. The average molecular weight is 430 g/mol. The maximum absolute atomic E-state index is 12.7. The van der Waals surface area contributed by atoms with E-state index in [1.807, 2.05) is 59.3 Å². The maximum Gasteiger partial charge on any atom is 0.227 e. The zero-order valence-corrected chi connectivity index (χ0v) is 18.4.